The van der Waals surface area contributed by atoms with Crippen molar-refractivity contribution >= 4 is 79.0 Å². The number of aromatic nitrogens is 1. The van der Waals surface area contributed by atoms with Gasteiger partial charge in [0, 0.05) is 44.9 Å². The van der Waals surface area contributed by atoms with E-state index in [4.69, 9.17) is 0 Å². The van der Waals surface area contributed by atoms with Crippen molar-refractivity contribution in [3.8, 4) is 83.6 Å². The molecule has 0 bridgehead atoms. The second-order valence-electron chi connectivity index (χ2n) is 31.1. The summed E-state index contributed by atoms with van der Waals surface area (Å²) in [6.45, 7) is -0.285. The van der Waals surface area contributed by atoms with Crippen molar-refractivity contribution in [3.05, 3.63) is 443 Å². The van der Waals surface area contributed by atoms with E-state index in [2.05, 4.69) is 390 Å². The van der Waals surface area contributed by atoms with Crippen molar-refractivity contribution in [3.63, 3.8) is 0 Å². The van der Waals surface area contributed by atoms with Crippen molar-refractivity contribution in [2.75, 3.05) is 9.80 Å². The topological polar surface area (TPSA) is 11.4 Å². The number of fused-ring (bicyclic) bond motifs is 38. The summed E-state index contributed by atoms with van der Waals surface area (Å²) in [6.07, 6.45) is 0. The number of para-hydroxylation sites is 2. The Kier molecular flexibility index (Phi) is 11.2. The van der Waals surface area contributed by atoms with E-state index < -0.39 is 16.2 Å². The molecule has 0 unspecified atom stereocenters. The standard InChI is InChI=1S/C105H62BN3/c1-2-26-63(27-3-1)64-50-56-96-93(58-64)106-101-98(107(96)66-51-53-76-74-34-10-21-45-87(74)105(92(76)60-66)85-43-19-8-32-72(85)73-33-9-20-44-86(73)105)61-67(109-94-48-24-13-36-77(94)78-37-14-25-49-95(78)109)62-99(101)108(65-52-54-90-80(59-65)75-35-11-22-46-88(75)103(90)81-39-15-4-28-68(81)69-29-5-16-40-82(69)103)97-57-55-91-100(102(97)106)79-38-12-23-47-89(79)104(91)83-41-17-6-30-70(83)71-31-7-18-42-84(71)104/h1-62H. The van der Waals surface area contributed by atoms with Gasteiger partial charge in [0.1, 0.15) is 0 Å². The van der Waals surface area contributed by atoms with Crippen LogP contribution in [0, 0.1) is 0 Å². The van der Waals surface area contributed by atoms with Crippen LogP contribution < -0.4 is 26.2 Å². The van der Waals surface area contributed by atoms with E-state index in [-0.39, 0.29) is 6.71 Å². The first-order valence-electron chi connectivity index (χ1n) is 38.4. The van der Waals surface area contributed by atoms with Crippen LogP contribution in [0.3, 0.4) is 0 Å². The van der Waals surface area contributed by atoms with Gasteiger partial charge in [0.15, 0.2) is 0 Å². The molecule has 8 aliphatic rings. The van der Waals surface area contributed by atoms with Crippen molar-refractivity contribution in [2.24, 2.45) is 0 Å². The Morgan fingerprint density at radius 1 is 0.202 bits per heavy atom. The average molecular weight is 1380 g/mol. The van der Waals surface area contributed by atoms with Crippen LogP contribution in [0.15, 0.2) is 376 Å². The van der Waals surface area contributed by atoms with Crippen LogP contribution >= 0.6 is 0 Å². The molecular formula is C105H62BN3. The predicted molar refractivity (Wildman–Crippen MR) is 449 cm³/mol. The van der Waals surface area contributed by atoms with E-state index in [9.17, 15) is 0 Å². The highest BCUT2D eigenvalue weighted by atomic mass is 15.2. The fourth-order valence-electron chi connectivity index (χ4n) is 22.8. The van der Waals surface area contributed by atoms with Gasteiger partial charge in [0.05, 0.1) is 33.0 Å². The lowest BCUT2D eigenvalue weighted by Gasteiger charge is -2.45. The molecule has 0 saturated heterocycles. The molecule has 0 amide bonds. The fourth-order valence-corrected chi connectivity index (χ4v) is 22.8. The molecule has 6 aliphatic carbocycles. The van der Waals surface area contributed by atoms with Gasteiger partial charge in [-0.2, -0.15) is 0 Å². The van der Waals surface area contributed by atoms with Gasteiger partial charge in [-0.1, -0.05) is 315 Å². The molecule has 17 aromatic carbocycles. The molecule has 3 spiro atoms. The van der Waals surface area contributed by atoms with Crippen LogP contribution in [-0.4, -0.2) is 11.3 Å². The molecule has 3 nitrogen and oxygen atoms in total. The van der Waals surface area contributed by atoms with E-state index in [1.165, 1.54) is 177 Å². The Morgan fingerprint density at radius 3 is 1.06 bits per heavy atom. The lowest BCUT2D eigenvalue weighted by atomic mass is 9.32. The highest BCUT2D eigenvalue weighted by Gasteiger charge is 2.58. The Labute approximate surface area is 631 Å². The van der Waals surface area contributed by atoms with Crippen LogP contribution in [0.2, 0.25) is 0 Å². The van der Waals surface area contributed by atoms with Gasteiger partial charge in [-0.05, 0) is 222 Å². The molecule has 0 saturated carbocycles. The number of hydrogen-bond donors (Lipinski definition) is 0. The van der Waals surface area contributed by atoms with Gasteiger partial charge in [-0.25, -0.2) is 0 Å². The van der Waals surface area contributed by atoms with E-state index in [0.717, 1.165) is 45.2 Å². The van der Waals surface area contributed by atoms with Crippen LogP contribution in [0.1, 0.15) is 66.8 Å². The molecule has 3 heterocycles. The van der Waals surface area contributed by atoms with Gasteiger partial charge in [-0.15, -0.1) is 0 Å². The molecule has 0 radical (unpaired) electrons. The number of nitrogens with zero attached hydrogens (tertiary/aromatic N) is 3. The maximum absolute atomic E-state index is 2.72. The van der Waals surface area contributed by atoms with E-state index in [1.54, 1.807) is 0 Å². The highest BCUT2D eigenvalue weighted by molar-refractivity contribution is 7.01. The highest BCUT2D eigenvalue weighted by Crippen LogP contribution is 2.68. The maximum atomic E-state index is 2.72. The minimum atomic E-state index is -0.604. The zero-order valence-corrected chi connectivity index (χ0v) is 59.2. The average Bonchev–Trinajstić information content (AvgIpc) is 1.53. The molecule has 2 aliphatic heterocycles. The van der Waals surface area contributed by atoms with Crippen LogP contribution in [0.4, 0.5) is 34.1 Å². The second kappa shape index (κ2) is 20.8. The lowest BCUT2D eigenvalue weighted by Crippen LogP contribution is -2.62. The molecule has 4 heteroatoms. The normalized spacial score (nSPS) is 15.0. The molecule has 500 valence electrons. The minimum absolute atomic E-state index is 0.285. The summed E-state index contributed by atoms with van der Waals surface area (Å²) in [5.41, 5.74) is 46.1. The van der Waals surface area contributed by atoms with Gasteiger partial charge < -0.3 is 14.4 Å². The third kappa shape index (κ3) is 6.96. The quantitative estimate of drug-likeness (QED) is 0.163. The smallest absolute Gasteiger partial charge is 0.252 e. The fraction of sp³-hybridized carbons (Fsp3) is 0.0286. The summed E-state index contributed by atoms with van der Waals surface area (Å²) in [6, 6.07) is 146. The minimum Gasteiger partial charge on any atom is -0.311 e. The van der Waals surface area contributed by atoms with Crippen molar-refractivity contribution in [1.82, 2.24) is 4.57 Å². The summed E-state index contributed by atoms with van der Waals surface area (Å²) >= 11 is 0. The van der Waals surface area contributed by atoms with E-state index in [1.807, 2.05) is 0 Å². The summed E-state index contributed by atoms with van der Waals surface area (Å²) < 4.78 is 2.56. The van der Waals surface area contributed by atoms with Crippen molar-refractivity contribution < 1.29 is 0 Å². The SMILES string of the molecule is c1ccc(-c2ccc3c(c2)B2c4c(cc(-n5c6ccccc6c6ccccc65)cc4N(c4ccc5c(c4)-c4ccccc4C54c5ccccc5-c5ccccc54)c4ccc5c(c42)-c2ccccc2C52c4ccccc4-c4ccccc42)N3c2ccc3c(c2)C2(c4ccccc4-c4ccccc42)c2ccccc2-3)cc1. The Hall–Kier alpha value is -13.8. The Morgan fingerprint density at radius 2 is 0.560 bits per heavy atom. The number of rotatable bonds is 4. The van der Waals surface area contributed by atoms with Crippen LogP contribution in [0.5, 0.6) is 0 Å². The molecule has 109 heavy (non-hydrogen) atoms. The zero-order valence-electron chi connectivity index (χ0n) is 59.2. The van der Waals surface area contributed by atoms with Gasteiger partial charge in [0.2, 0.25) is 0 Å². The van der Waals surface area contributed by atoms with Crippen LogP contribution in [0.25, 0.3) is 105 Å². The van der Waals surface area contributed by atoms with E-state index in [0.29, 0.717) is 0 Å². The summed E-state index contributed by atoms with van der Waals surface area (Å²) in [4.78, 5) is 5.42. The molecule has 0 fully saturated rings. The lowest BCUT2D eigenvalue weighted by molar-refractivity contribution is 0.793. The zero-order chi connectivity index (χ0) is 70.7. The third-order valence-electron chi connectivity index (χ3n) is 26.6. The first-order chi connectivity index (χ1) is 54.1. The third-order valence-corrected chi connectivity index (χ3v) is 26.6. The second-order valence-corrected chi connectivity index (χ2v) is 31.1. The molecule has 0 N–H and O–H groups in total. The number of hydrogen-bond acceptors (Lipinski definition) is 2. The van der Waals surface area contributed by atoms with Crippen molar-refractivity contribution in [2.45, 2.75) is 16.2 Å². The molecule has 0 atom stereocenters. The Bertz CT molecular complexity index is 6960. The molecule has 1 aromatic heterocycles. The van der Waals surface area contributed by atoms with Crippen molar-refractivity contribution in [1.29, 1.82) is 0 Å². The van der Waals surface area contributed by atoms with E-state index >= 15 is 0 Å². The predicted octanol–water partition coefficient (Wildman–Crippen LogP) is 23.6. The summed E-state index contributed by atoms with van der Waals surface area (Å²) in [5.74, 6) is 0. The monoisotopic (exact) mass is 1380 g/mol. The maximum Gasteiger partial charge on any atom is 0.252 e. The summed E-state index contributed by atoms with van der Waals surface area (Å²) in [5, 5.41) is 2.44. The molecular weight excluding hydrogens is 1310 g/mol. The van der Waals surface area contributed by atoms with Gasteiger partial charge in [0.25, 0.3) is 6.71 Å². The Balaban J connectivity index is 0.822. The summed E-state index contributed by atoms with van der Waals surface area (Å²) in [7, 11) is 0. The molecule has 26 rings (SSSR count). The van der Waals surface area contributed by atoms with Crippen LogP contribution in [-0.2, 0) is 16.2 Å². The number of benzene rings is 17. The first-order valence-corrected chi connectivity index (χ1v) is 38.4. The van der Waals surface area contributed by atoms with Gasteiger partial charge >= 0.3 is 0 Å². The first kappa shape index (κ1) is 58.5. The molecule has 18 aromatic rings. The largest absolute Gasteiger partial charge is 0.311 e. The van der Waals surface area contributed by atoms with Gasteiger partial charge in [-0.3, -0.25) is 0 Å². The number of anilines is 6.